The minimum absolute atomic E-state index is 0.0423. The van der Waals surface area contributed by atoms with Gasteiger partial charge < -0.3 is 14.8 Å². The fourth-order valence-electron chi connectivity index (χ4n) is 2.54. The second kappa shape index (κ2) is 8.91. The van der Waals surface area contributed by atoms with E-state index in [1.54, 1.807) is 31.3 Å². The summed E-state index contributed by atoms with van der Waals surface area (Å²) in [6, 6.07) is 11.4. The lowest BCUT2D eigenvalue weighted by molar-refractivity contribution is -0.0493. The summed E-state index contributed by atoms with van der Waals surface area (Å²) in [7, 11) is 0. The van der Waals surface area contributed by atoms with E-state index in [4.69, 9.17) is 16.3 Å². The van der Waals surface area contributed by atoms with Crippen LogP contribution in [-0.4, -0.2) is 22.3 Å². The van der Waals surface area contributed by atoms with Crippen molar-refractivity contribution >= 4 is 23.2 Å². The van der Waals surface area contributed by atoms with Gasteiger partial charge in [-0.25, -0.2) is 4.68 Å². The highest BCUT2D eigenvalue weighted by atomic mass is 35.5. The van der Waals surface area contributed by atoms with Crippen molar-refractivity contribution in [2.45, 2.75) is 27.2 Å². The molecule has 0 saturated carbocycles. The molecule has 0 spiro atoms. The Labute approximate surface area is 171 Å². The van der Waals surface area contributed by atoms with Gasteiger partial charge in [0.25, 0.3) is 5.91 Å². The summed E-state index contributed by atoms with van der Waals surface area (Å²) in [5.74, 6) is -0.195. The zero-order valence-electron chi connectivity index (χ0n) is 15.7. The van der Waals surface area contributed by atoms with Crippen LogP contribution >= 0.6 is 11.6 Å². The molecule has 0 aliphatic carbocycles. The molecule has 29 heavy (non-hydrogen) atoms. The van der Waals surface area contributed by atoms with E-state index in [2.05, 4.69) is 15.2 Å². The van der Waals surface area contributed by atoms with Gasteiger partial charge in [-0.2, -0.15) is 13.9 Å². The number of rotatable bonds is 7. The molecule has 0 atom stereocenters. The molecule has 1 heterocycles. The molecule has 0 aliphatic rings. The Morgan fingerprint density at radius 3 is 2.62 bits per heavy atom. The quantitative estimate of drug-likeness (QED) is 0.580. The number of nitrogens with zero attached hydrogens (tertiary/aromatic N) is 2. The van der Waals surface area contributed by atoms with Crippen molar-refractivity contribution in [2.75, 3.05) is 5.32 Å². The predicted octanol–water partition coefficient (Wildman–Crippen LogP) is 5.04. The van der Waals surface area contributed by atoms with E-state index < -0.39 is 12.5 Å². The van der Waals surface area contributed by atoms with E-state index in [9.17, 15) is 13.6 Å². The molecule has 0 fully saturated rings. The maximum Gasteiger partial charge on any atom is 0.387 e. The number of benzene rings is 2. The Hall–Kier alpha value is -3.13. The van der Waals surface area contributed by atoms with Crippen molar-refractivity contribution in [3.05, 3.63) is 70.5 Å². The average molecular weight is 422 g/mol. The molecule has 0 unspecified atom stereocenters. The molecule has 6 nitrogen and oxygen atoms in total. The fraction of sp³-hybridized carbons (Fsp3) is 0.200. The average Bonchev–Trinajstić information content (AvgIpc) is 3.13. The van der Waals surface area contributed by atoms with Crippen molar-refractivity contribution in [3.8, 4) is 11.5 Å². The second-order valence-corrected chi connectivity index (χ2v) is 6.69. The maximum absolute atomic E-state index is 12.6. The van der Waals surface area contributed by atoms with Gasteiger partial charge in [0.2, 0.25) is 0 Å². The highest BCUT2D eigenvalue weighted by molar-refractivity contribution is 6.32. The number of amides is 1. The molecule has 1 aromatic heterocycles. The molecule has 3 aromatic rings. The smallest absolute Gasteiger partial charge is 0.387 e. The Kier molecular flexibility index (Phi) is 6.33. The van der Waals surface area contributed by atoms with Gasteiger partial charge >= 0.3 is 6.61 Å². The third kappa shape index (κ3) is 5.45. The van der Waals surface area contributed by atoms with Gasteiger partial charge in [0.05, 0.1) is 10.7 Å². The highest BCUT2D eigenvalue weighted by Crippen LogP contribution is 2.28. The van der Waals surface area contributed by atoms with Crippen molar-refractivity contribution in [1.29, 1.82) is 0 Å². The highest BCUT2D eigenvalue weighted by Gasteiger charge is 2.15. The second-order valence-electron chi connectivity index (χ2n) is 6.28. The minimum Gasteiger partial charge on any atom is -0.470 e. The SMILES string of the molecule is Cc1ccc(OC(F)F)c(NC(=O)c2ccn(COc3cc(C)ccc3Cl)n2)c1. The summed E-state index contributed by atoms with van der Waals surface area (Å²) in [6.45, 7) is 0.722. The topological polar surface area (TPSA) is 65.4 Å². The standard InChI is InChI=1S/C20H18ClF2N3O3/c1-12-4-6-17(29-20(22)23)16(9-12)24-19(27)15-7-8-26(25-15)11-28-18-10-13(2)3-5-14(18)21/h3-10,20H,11H2,1-2H3,(H,24,27). The number of aryl methyl sites for hydroxylation is 2. The Balaban J connectivity index is 1.68. The van der Waals surface area contributed by atoms with Gasteiger partial charge in [0, 0.05) is 6.20 Å². The Bertz CT molecular complexity index is 1020. The molecule has 1 N–H and O–H groups in total. The summed E-state index contributed by atoms with van der Waals surface area (Å²) in [5.41, 5.74) is 1.99. The van der Waals surface area contributed by atoms with Gasteiger partial charge in [-0.1, -0.05) is 23.7 Å². The zero-order chi connectivity index (χ0) is 21.0. The van der Waals surface area contributed by atoms with E-state index in [0.29, 0.717) is 10.8 Å². The predicted molar refractivity (Wildman–Crippen MR) is 105 cm³/mol. The number of hydrogen-bond donors (Lipinski definition) is 1. The Morgan fingerprint density at radius 2 is 1.86 bits per heavy atom. The van der Waals surface area contributed by atoms with Crippen molar-refractivity contribution < 1.29 is 23.0 Å². The van der Waals surface area contributed by atoms with E-state index in [0.717, 1.165) is 11.1 Å². The first-order valence-corrected chi connectivity index (χ1v) is 8.99. The third-order valence-electron chi connectivity index (χ3n) is 3.91. The monoisotopic (exact) mass is 421 g/mol. The lowest BCUT2D eigenvalue weighted by atomic mass is 10.2. The normalized spacial score (nSPS) is 10.8. The molecule has 0 bridgehead atoms. The first-order chi connectivity index (χ1) is 13.8. The lowest BCUT2D eigenvalue weighted by Crippen LogP contribution is -2.16. The Morgan fingerprint density at radius 1 is 1.14 bits per heavy atom. The van der Waals surface area contributed by atoms with Crippen molar-refractivity contribution in [3.63, 3.8) is 0 Å². The van der Waals surface area contributed by atoms with Crippen molar-refractivity contribution in [1.82, 2.24) is 9.78 Å². The number of halogens is 3. The van der Waals surface area contributed by atoms with Gasteiger partial charge in [-0.05, 0) is 55.3 Å². The first kappa shape index (κ1) is 20.6. The number of ether oxygens (including phenoxy) is 2. The van der Waals surface area contributed by atoms with Crippen LogP contribution in [0.1, 0.15) is 21.6 Å². The van der Waals surface area contributed by atoms with Gasteiger partial charge in [-0.15, -0.1) is 0 Å². The summed E-state index contributed by atoms with van der Waals surface area (Å²) < 4.78 is 36.6. The summed E-state index contributed by atoms with van der Waals surface area (Å²) in [4.78, 5) is 12.5. The number of aromatic nitrogens is 2. The first-order valence-electron chi connectivity index (χ1n) is 8.61. The van der Waals surface area contributed by atoms with Crippen LogP contribution in [0.5, 0.6) is 11.5 Å². The zero-order valence-corrected chi connectivity index (χ0v) is 16.4. The van der Waals surface area contributed by atoms with Crippen LogP contribution in [0.4, 0.5) is 14.5 Å². The fourth-order valence-corrected chi connectivity index (χ4v) is 2.71. The minimum atomic E-state index is -3.00. The van der Waals surface area contributed by atoms with Crippen molar-refractivity contribution in [2.24, 2.45) is 0 Å². The number of carbonyl (C=O) groups excluding carboxylic acids is 1. The molecule has 3 rings (SSSR count). The molecule has 0 radical (unpaired) electrons. The number of nitrogens with one attached hydrogen (secondary N) is 1. The van der Waals surface area contributed by atoms with Gasteiger partial charge in [0.1, 0.15) is 11.5 Å². The summed E-state index contributed by atoms with van der Waals surface area (Å²) in [5, 5.41) is 7.14. The van der Waals surface area contributed by atoms with E-state index in [-0.39, 0.29) is 23.9 Å². The number of hydrogen-bond acceptors (Lipinski definition) is 4. The largest absolute Gasteiger partial charge is 0.470 e. The van der Waals surface area contributed by atoms with Gasteiger partial charge in [-0.3, -0.25) is 4.79 Å². The van der Waals surface area contributed by atoms with Crippen LogP contribution < -0.4 is 14.8 Å². The van der Waals surface area contributed by atoms with Crippen LogP contribution in [0, 0.1) is 13.8 Å². The third-order valence-corrected chi connectivity index (χ3v) is 4.22. The van der Waals surface area contributed by atoms with E-state index in [1.807, 2.05) is 13.0 Å². The molecule has 2 aromatic carbocycles. The maximum atomic E-state index is 12.6. The molecule has 1 amide bonds. The molecule has 0 saturated heterocycles. The van der Waals surface area contributed by atoms with Gasteiger partial charge in [0.15, 0.2) is 12.4 Å². The summed E-state index contributed by atoms with van der Waals surface area (Å²) >= 11 is 6.09. The van der Waals surface area contributed by atoms with Crippen LogP contribution in [0.2, 0.25) is 5.02 Å². The molecule has 0 aliphatic heterocycles. The van der Waals surface area contributed by atoms with E-state index in [1.165, 1.54) is 22.9 Å². The molecule has 152 valence electrons. The number of carbonyl (C=O) groups is 1. The number of anilines is 1. The van der Waals surface area contributed by atoms with Crippen LogP contribution in [-0.2, 0) is 6.73 Å². The molecule has 9 heteroatoms. The lowest BCUT2D eigenvalue weighted by Gasteiger charge is -2.12. The van der Waals surface area contributed by atoms with Crippen LogP contribution in [0.25, 0.3) is 0 Å². The molecular weight excluding hydrogens is 404 g/mol. The summed E-state index contributed by atoms with van der Waals surface area (Å²) in [6.07, 6.45) is 1.56. The molecular formula is C20H18ClF2N3O3. The van der Waals surface area contributed by atoms with E-state index >= 15 is 0 Å². The van der Waals surface area contributed by atoms with Crippen LogP contribution in [0.3, 0.4) is 0 Å². The number of alkyl halides is 2. The van der Waals surface area contributed by atoms with Crippen LogP contribution in [0.15, 0.2) is 48.7 Å².